The van der Waals surface area contributed by atoms with Crippen molar-refractivity contribution >= 4 is 17.7 Å². The van der Waals surface area contributed by atoms with E-state index in [2.05, 4.69) is 4.90 Å². The quantitative estimate of drug-likeness (QED) is 0.798. The number of para-hydroxylation sites is 1. The van der Waals surface area contributed by atoms with Crippen LogP contribution in [0.15, 0.2) is 24.3 Å². The second-order valence-corrected chi connectivity index (χ2v) is 9.01. The summed E-state index contributed by atoms with van der Waals surface area (Å²) < 4.78 is 5.11. The highest BCUT2D eigenvalue weighted by molar-refractivity contribution is 6.08. The lowest BCUT2D eigenvalue weighted by Crippen LogP contribution is -2.47. The van der Waals surface area contributed by atoms with Gasteiger partial charge in [0.1, 0.15) is 0 Å². The lowest BCUT2D eigenvalue weighted by Gasteiger charge is -2.33. The fraction of sp³-hybridized carbons (Fsp3) is 0.652. The van der Waals surface area contributed by atoms with Gasteiger partial charge in [-0.2, -0.15) is 0 Å². The number of nitrogens with zero attached hydrogens (tertiary/aromatic N) is 3. The van der Waals surface area contributed by atoms with Crippen LogP contribution in [-0.4, -0.2) is 78.9 Å². The molecule has 30 heavy (non-hydrogen) atoms. The average molecular weight is 416 g/mol. The Hall–Kier alpha value is -2.12. The van der Waals surface area contributed by atoms with Gasteiger partial charge in [0.25, 0.3) is 0 Å². The minimum absolute atomic E-state index is 0.0146. The summed E-state index contributed by atoms with van der Waals surface area (Å²) in [6.07, 6.45) is 2.74. The Morgan fingerprint density at radius 2 is 1.93 bits per heavy atom. The SMILES string of the molecule is CCOC(=O)N1CCC(CN2CC[C@H](N3C(=O)[C@@](C)(CO)c4ccccc43)C2)CC1. The zero-order valence-electron chi connectivity index (χ0n) is 18.0. The van der Waals surface area contributed by atoms with Crippen LogP contribution in [0.1, 0.15) is 38.7 Å². The van der Waals surface area contributed by atoms with E-state index in [0.29, 0.717) is 12.5 Å². The molecule has 1 aromatic carbocycles. The third-order valence-electron chi connectivity index (χ3n) is 7.03. The summed E-state index contributed by atoms with van der Waals surface area (Å²) >= 11 is 0. The first kappa shape index (κ1) is 21.1. The number of aliphatic hydroxyl groups is 1. The fourth-order valence-corrected chi connectivity index (χ4v) is 5.22. The second kappa shape index (κ2) is 8.55. The third-order valence-corrected chi connectivity index (χ3v) is 7.03. The normalized spacial score (nSPS) is 27.6. The molecule has 2 fully saturated rings. The molecule has 0 radical (unpaired) electrons. The molecule has 2 atom stereocenters. The molecular formula is C23H33N3O4. The molecule has 1 aromatic rings. The van der Waals surface area contributed by atoms with Gasteiger partial charge >= 0.3 is 6.09 Å². The van der Waals surface area contributed by atoms with Gasteiger partial charge in [0.15, 0.2) is 0 Å². The Morgan fingerprint density at radius 1 is 1.20 bits per heavy atom. The largest absolute Gasteiger partial charge is 0.450 e. The van der Waals surface area contributed by atoms with Gasteiger partial charge in [0.2, 0.25) is 5.91 Å². The van der Waals surface area contributed by atoms with Crippen LogP contribution in [-0.2, 0) is 14.9 Å². The molecule has 4 rings (SSSR count). The van der Waals surface area contributed by atoms with Crippen LogP contribution >= 0.6 is 0 Å². The molecule has 0 bridgehead atoms. The Kier molecular flexibility index (Phi) is 6.02. The number of carbonyl (C=O) groups is 2. The van der Waals surface area contributed by atoms with E-state index < -0.39 is 5.41 Å². The van der Waals surface area contributed by atoms with Crippen molar-refractivity contribution in [1.29, 1.82) is 0 Å². The van der Waals surface area contributed by atoms with Crippen LogP contribution in [0.3, 0.4) is 0 Å². The zero-order valence-corrected chi connectivity index (χ0v) is 18.0. The minimum Gasteiger partial charge on any atom is -0.450 e. The monoisotopic (exact) mass is 415 g/mol. The number of amides is 2. The van der Waals surface area contributed by atoms with Gasteiger partial charge < -0.3 is 24.5 Å². The summed E-state index contributed by atoms with van der Waals surface area (Å²) in [6.45, 7) is 8.29. The maximum absolute atomic E-state index is 13.3. The summed E-state index contributed by atoms with van der Waals surface area (Å²) in [4.78, 5) is 31.3. The van der Waals surface area contributed by atoms with Crippen molar-refractivity contribution in [3.05, 3.63) is 29.8 Å². The van der Waals surface area contributed by atoms with E-state index in [1.54, 1.807) is 0 Å². The summed E-state index contributed by atoms with van der Waals surface area (Å²) in [5.74, 6) is 0.583. The lowest BCUT2D eigenvalue weighted by molar-refractivity contribution is -0.124. The maximum atomic E-state index is 13.3. The Balaban J connectivity index is 1.36. The molecule has 2 amide bonds. The summed E-state index contributed by atoms with van der Waals surface area (Å²) in [7, 11) is 0. The van der Waals surface area contributed by atoms with Crippen molar-refractivity contribution in [2.75, 3.05) is 50.8 Å². The first-order chi connectivity index (χ1) is 14.5. The highest BCUT2D eigenvalue weighted by Gasteiger charge is 2.50. The molecule has 0 aliphatic carbocycles. The molecule has 1 N–H and O–H groups in total. The number of hydrogen-bond acceptors (Lipinski definition) is 5. The molecule has 0 aromatic heterocycles. The molecule has 3 heterocycles. The number of likely N-dealkylation sites (tertiary alicyclic amines) is 2. The first-order valence-electron chi connectivity index (χ1n) is 11.2. The van der Waals surface area contributed by atoms with Crippen LogP contribution in [0.25, 0.3) is 0 Å². The molecule has 164 valence electrons. The van der Waals surface area contributed by atoms with Gasteiger partial charge in [-0.25, -0.2) is 4.79 Å². The molecule has 7 nitrogen and oxygen atoms in total. The molecule has 0 saturated carbocycles. The zero-order chi connectivity index (χ0) is 21.3. The van der Waals surface area contributed by atoms with E-state index in [1.807, 2.05) is 47.9 Å². The third kappa shape index (κ3) is 3.69. The van der Waals surface area contributed by atoms with Crippen LogP contribution in [0.5, 0.6) is 0 Å². The van der Waals surface area contributed by atoms with Gasteiger partial charge in [-0.15, -0.1) is 0 Å². The molecule has 0 spiro atoms. The first-order valence-corrected chi connectivity index (χ1v) is 11.2. The number of fused-ring (bicyclic) bond motifs is 1. The van der Waals surface area contributed by atoms with Gasteiger partial charge in [-0.05, 0) is 50.7 Å². The van der Waals surface area contributed by atoms with E-state index >= 15 is 0 Å². The summed E-state index contributed by atoms with van der Waals surface area (Å²) in [5.41, 5.74) is 1.04. The molecular weight excluding hydrogens is 382 g/mol. The topological polar surface area (TPSA) is 73.3 Å². The average Bonchev–Trinajstić information content (AvgIpc) is 3.30. The Labute approximate surface area is 178 Å². The maximum Gasteiger partial charge on any atom is 0.409 e. The number of aliphatic hydroxyl groups excluding tert-OH is 1. The highest BCUT2D eigenvalue weighted by atomic mass is 16.6. The predicted molar refractivity (Wildman–Crippen MR) is 115 cm³/mol. The van der Waals surface area contributed by atoms with Crippen LogP contribution in [0.2, 0.25) is 0 Å². The Bertz CT molecular complexity index is 792. The standard InChI is InChI=1S/C23H33N3O4/c1-3-30-22(29)25-12-8-17(9-13-25)14-24-11-10-18(15-24)26-20-7-5-4-6-19(20)23(2,16-27)21(26)28/h4-7,17-18,27H,3,8-16H2,1-2H3/t18-,23-/m0/s1. The number of hydrogen-bond donors (Lipinski definition) is 1. The van der Waals surface area contributed by atoms with E-state index in [-0.39, 0.29) is 24.6 Å². The molecule has 2 saturated heterocycles. The number of piperidine rings is 1. The van der Waals surface area contributed by atoms with Crippen molar-refractivity contribution in [3.63, 3.8) is 0 Å². The number of rotatable bonds is 5. The lowest BCUT2D eigenvalue weighted by atomic mass is 9.85. The van der Waals surface area contributed by atoms with Crippen molar-refractivity contribution in [2.45, 2.75) is 44.6 Å². The van der Waals surface area contributed by atoms with E-state index in [1.165, 1.54) is 0 Å². The van der Waals surface area contributed by atoms with Gasteiger partial charge in [0.05, 0.1) is 24.7 Å². The van der Waals surface area contributed by atoms with E-state index in [9.17, 15) is 14.7 Å². The molecule has 0 unspecified atom stereocenters. The molecule has 3 aliphatic heterocycles. The fourth-order valence-electron chi connectivity index (χ4n) is 5.22. The summed E-state index contributed by atoms with van der Waals surface area (Å²) in [5, 5.41) is 9.97. The second-order valence-electron chi connectivity index (χ2n) is 9.01. The predicted octanol–water partition coefficient (Wildman–Crippen LogP) is 2.23. The number of carbonyl (C=O) groups excluding carboxylic acids is 2. The highest BCUT2D eigenvalue weighted by Crippen LogP contribution is 2.43. The smallest absolute Gasteiger partial charge is 0.409 e. The summed E-state index contributed by atoms with van der Waals surface area (Å²) in [6, 6.07) is 8.01. The van der Waals surface area contributed by atoms with Crippen molar-refractivity contribution in [2.24, 2.45) is 5.92 Å². The Morgan fingerprint density at radius 3 is 2.63 bits per heavy atom. The van der Waals surface area contributed by atoms with Crippen molar-refractivity contribution in [1.82, 2.24) is 9.80 Å². The van der Waals surface area contributed by atoms with Crippen LogP contribution < -0.4 is 4.90 Å². The van der Waals surface area contributed by atoms with Gasteiger partial charge in [0, 0.05) is 38.4 Å². The minimum atomic E-state index is -0.843. The van der Waals surface area contributed by atoms with E-state index in [0.717, 1.165) is 63.2 Å². The van der Waals surface area contributed by atoms with Crippen molar-refractivity contribution in [3.8, 4) is 0 Å². The van der Waals surface area contributed by atoms with Crippen LogP contribution in [0.4, 0.5) is 10.5 Å². The van der Waals surface area contributed by atoms with Crippen LogP contribution in [0, 0.1) is 5.92 Å². The molecule has 3 aliphatic rings. The number of anilines is 1. The van der Waals surface area contributed by atoms with Crippen molar-refractivity contribution < 1.29 is 19.4 Å². The van der Waals surface area contributed by atoms with Gasteiger partial charge in [-0.1, -0.05) is 18.2 Å². The molecule has 7 heteroatoms. The van der Waals surface area contributed by atoms with Gasteiger partial charge in [-0.3, -0.25) is 4.79 Å². The number of benzene rings is 1. The number of ether oxygens (including phenoxy) is 1. The van der Waals surface area contributed by atoms with E-state index in [4.69, 9.17) is 4.74 Å².